The van der Waals surface area contributed by atoms with Crippen LogP contribution in [0.4, 0.5) is 17.1 Å². The Labute approximate surface area is 119 Å². The maximum Gasteiger partial charge on any atom is 0.271 e. The molecule has 0 spiro atoms. The van der Waals surface area contributed by atoms with Gasteiger partial charge in [-0.2, -0.15) is 0 Å². The molecule has 0 saturated carbocycles. The fraction of sp³-hybridized carbons (Fsp3) is 0.571. The molecule has 1 aromatic carbocycles. The first-order valence-electron chi connectivity index (χ1n) is 7.17. The van der Waals surface area contributed by atoms with Crippen LogP contribution in [0.3, 0.4) is 0 Å². The van der Waals surface area contributed by atoms with Gasteiger partial charge in [0.2, 0.25) is 0 Å². The normalized spacial score (nSPS) is 16.6. The molecule has 0 atom stereocenters. The number of nitro groups is 1. The van der Waals surface area contributed by atoms with Crippen LogP contribution in [0.5, 0.6) is 0 Å². The third-order valence-electron chi connectivity index (χ3n) is 3.69. The molecule has 3 N–H and O–H groups in total. The Kier molecular flexibility index (Phi) is 5.17. The van der Waals surface area contributed by atoms with E-state index in [0.717, 1.165) is 31.9 Å². The Morgan fingerprint density at radius 3 is 2.55 bits per heavy atom. The van der Waals surface area contributed by atoms with E-state index >= 15 is 0 Å². The number of benzene rings is 1. The number of rotatable bonds is 5. The number of nitrogens with zero attached hydrogens (tertiary/aromatic N) is 2. The molecule has 0 unspecified atom stereocenters. The molecule has 20 heavy (non-hydrogen) atoms. The number of nitrogens with two attached hydrogens (primary N) is 1. The zero-order valence-corrected chi connectivity index (χ0v) is 11.7. The van der Waals surface area contributed by atoms with E-state index in [1.165, 1.54) is 37.8 Å². The number of nitrogen functional groups attached to an aromatic ring is 1. The fourth-order valence-electron chi connectivity index (χ4n) is 2.53. The lowest BCUT2D eigenvalue weighted by atomic mass is 10.2. The van der Waals surface area contributed by atoms with Gasteiger partial charge in [-0.25, -0.2) is 0 Å². The van der Waals surface area contributed by atoms with Crippen molar-refractivity contribution in [1.29, 1.82) is 0 Å². The van der Waals surface area contributed by atoms with Crippen molar-refractivity contribution in [3.63, 3.8) is 0 Å². The van der Waals surface area contributed by atoms with Crippen molar-refractivity contribution in [2.24, 2.45) is 0 Å². The molecular weight excluding hydrogens is 256 g/mol. The first kappa shape index (κ1) is 14.6. The van der Waals surface area contributed by atoms with E-state index in [1.54, 1.807) is 6.07 Å². The minimum atomic E-state index is -0.433. The van der Waals surface area contributed by atoms with Crippen molar-refractivity contribution in [3.8, 4) is 0 Å². The van der Waals surface area contributed by atoms with Crippen LogP contribution in [0.2, 0.25) is 0 Å². The summed E-state index contributed by atoms with van der Waals surface area (Å²) in [7, 11) is 0. The lowest BCUT2D eigenvalue weighted by Gasteiger charge is -2.20. The zero-order chi connectivity index (χ0) is 14.4. The topological polar surface area (TPSA) is 84.4 Å². The Balaban J connectivity index is 1.83. The molecule has 0 aromatic heterocycles. The van der Waals surface area contributed by atoms with Crippen LogP contribution in [-0.4, -0.2) is 36.0 Å². The predicted octanol–water partition coefficient (Wildman–Crippen LogP) is 2.46. The Hall–Kier alpha value is -1.82. The molecule has 0 bridgehead atoms. The molecular formula is C14H22N4O2. The summed E-state index contributed by atoms with van der Waals surface area (Å²) in [6.07, 6.45) is 5.22. The van der Waals surface area contributed by atoms with Gasteiger partial charge in [0.25, 0.3) is 5.69 Å². The molecule has 1 saturated heterocycles. The number of nitro benzene ring substituents is 1. The molecule has 0 aliphatic carbocycles. The Morgan fingerprint density at radius 2 is 1.95 bits per heavy atom. The smallest absolute Gasteiger partial charge is 0.271 e. The highest BCUT2D eigenvalue weighted by Crippen LogP contribution is 2.23. The summed E-state index contributed by atoms with van der Waals surface area (Å²) in [5, 5.41) is 13.9. The largest absolute Gasteiger partial charge is 0.397 e. The molecule has 110 valence electrons. The van der Waals surface area contributed by atoms with Crippen LogP contribution in [0.15, 0.2) is 18.2 Å². The zero-order valence-electron chi connectivity index (χ0n) is 11.7. The van der Waals surface area contributed by atoms with E-state index in [1.807, 2.05) is 0 Å². The summed E-state index contributed by atoms with van der Waals surface area (Å²) < 4.78 is 0. The summed E-state index contributed by atoms with van der Waals surface area (Å²) in [4.78, 5) is 12.7. The second kappa shape index (κ2) is 7.09. The van der Waals surface area contributed by atoms with Gasteiger partial charge in [0.15, 0.2) is 0 Å². The van der Waals surface area contributed by atoms with Gasteiger partial charge in [-0.15, -0.1) is 0 Å². The van der Waals surface area contributed by atoms with Gasteiger partial charge in [-0.05, 0) is 32.0 Å². The Morgan fingerprint density at radius 1 is 1.25 bits per heavy atom. The highest BCUT2D eigenvalue weighted by atomic mass is 16.6. The average molecular weight is 278 g/mol. The highest BCUT2D eigenvalue weighted by molar-refractivity contribution is 5.69. The molecule has 1 aliphatic rings. The number of hydrogen-bond acceptors (Lipinski definition) is 5. The molecule has 0 amide bonds. The van der Waals surface area contributed by atoms with Crippen LogP contribution in [0, 0.1) is 10.1 Å². The number of likely N-dealkylation sites (tertiary alicyclic amines) is 1. The quantitative estimate of drug-likeness (QED) is 0.491. The van der Waals surface area contributed by atoms with E-state index in [2.05, 4.69) is 10.2 Å². The van der Waals surface area contributed by atoms with E-state index in [-0.39, 0.29) is 5.69 Å². The maximum atomic E-state index is 10.6. The lowest BCUT2D eigenvalue weighted by Crippen LogP contribution is -2.30. The first-order valence-corrected chi connectivity index (χ1v) is 7.17. The van der Waals surface area contributed by atoms with Crippen LogP contribution < -0.4 is 11.1 Å². The highest BCUT2D eigenvalue weighted by Gasteiger charge is 2.10. The van der Waals surface area contributed by atoms with Gasteiger partial charge >= 0.3 is 0 Å². The molecule has 0 radical (unpaired) electrons. The molecule has 6 heteroatoms. The molecule has 2 rings (SSSR count). The monoisotopic (exact) mass is 278 g/mol. The van der Waals surface area contributed by atoms with E-state index in [0.29, 0.717) is 5.69 Å². The van der Waals surface area contributed by atoms with Crippen molar-refractivity contribution in [2.75, 3.05) is 37.2 Å². The third kappa shape index (κ3) is 4.09. The summed E-state index contributed by atoms with van der Waals surface area (Å²) in [6.45, 7) is 4.12. The molecule has 1 heterocycles. The minimum Gasteiger partial charge on any atom is -0.397 e. The minimum absolute atomic E-state index is 0.0283. The number of nitrogens with one attached hydrogen (secondary N) is 1. The van der Waals surface area contributed by atoms with E-state index in [4.69, 9.17) is 5.73 Å². The third-order valence-corrected chi connectivity index (χ3v) is 3.69. The maximum absolute atomic E-state index is 10.6. The fourth-order valence-corrected chi connectivity index (χ4v) is 2.53. The average Bonchev–Trinajstić information content (AvgIpc) is 2.69. The molecule has 1 aromatic rings. The van der Waals surface area contributed by atoms with Crippen molar-refractivity contribution in [3.05, 3.63) is 28.3 Å². The number of hydrogen-bond donors (Lipinski definition) is 2. The molecule has 6 nitrogen and oxygen atoms in total. The van der Waals surface area contributed by atoms with Crippen LogP contribution in [0.1, 0.15) is 25.7 Å². The second-order valence-electron chi connectivity index (χ2n) is 5.21. The van der Waals surface area contributed by atoms with Gasteiger partial charge in [0.1, 0.15) is 0 Å². The predicted molar refractivity (Wildman–Crippen MR) is 80.9 cm³/mol. The van der Waals surface area contributed by atoms with Gasteiger partial charge in [-0.3, -0.25) is 10.1 Å². The number of non-ortho nitro benzene ring substituents is 1. The lowest BCUT2D eigenvalue weighted by molar-refractivity contribution is -0.384. The second-order valence-corrected chi connectivity index (χ2v) is 5.21. The summed E-state index contributed by atoms with van der Waals surface area (Å²) in [6, 6.07) is 4.55. The van der Waals surface area contributed by atoms with E-state index in [9.17, 15) is 10.1 Å². The van der Waals surface area contributed by atoms with Crippen LogP contribution in [-0.2, 0) is 0 Å². The van der Waals surface area contributed by atoms with Gasteiger partial charge in [-0.1, -0.05) is 12.8 Å². The van der Waals surface area contributed by atoms with Crippen LogP contribution in [0.25, 0.3) is 0 Å². The van der Waals surface area contributed by atoms with Crippen molar-refractivity contribution in [1.82, 2.24) is 4.90 Å². The van der Waals surface area contributed by atoms with E-state index < -0.39 is 4.92 Å². The van der Waals surface area contributed by atoms with Gasteiger partial charge < -0.3 is 16.0 Å². The van der Waals surface area contributed by atoms with Crippen molar-refractivity contribution < 1.29 is 4.92 Å². The SMILES string of the molecule is Nc1cc([N+](=O)[O-])ccc1NCCN1CCCCCC1. The van der Waals surface area contributed by atoms with Gasteiger partial charge in [0.05, 0.1) is 16.3 Å². The Bertz CT molecular complexity index is 456. The summed E-state index contributed by atoms with van der Waals surface area (Å²) in [5.74, 6) is 0. The van der Waals surface area contributed by atoms with Crippen molar-refractivity contribution in [2.45, 2.75) is 25.7 Å². The number of anilines is 2. The standard InChI is InChI=1S/C14H22N4O2/c15-13-11-12(18(19)20)5-6-14(13)16-7-10-17-8-3-1-2-4-9-17/h5-6,11,16H,1-4,7-10,15H2. The first-order chi connectivity index (χ1) is 9.66. The summed E-state index contributed by atoms with van der Waals surface area (Å²) >= 11 is 0. The van der Waals surface area contributed by atoms with Gasteiger partial charge in [0, 0.05) is 25.2 Å². The molecule has 1 aliphatic heterocycles. The van der Waals surface area contributed by atoms with Crippen LogP contribution >= 0.6 is 0 Å². The summed E-state index contributed by atoms with van der Waals surface area (Å²) in [5.41, 5.74) is 7.05. The van der Waals surface area contributed by atoms with Crippen molar-refractivity contribution >= 4 is 17.1 Å². The molecule has 1 fully saturated rings.